The van der Waals surface area contributed by atoms with Crippen molar-refractivity contribution >= 4 is 17.6 Å². The molecule has 0 bridgehead atoms. The molecule has 0 unspecified atom stereocenters. The summed E-state index contributed by atoms with van der Waals surface area (Å²) in [6, 6.07) is 1.89. The monoisotopic (exact) mass is 367 g/mol. The SMILES string of the molecule is CN=C(NCCCN(C)CC(F)(F)F)N(C)Cc1cc(Cl)cn1C. The Hall–Kier alpha value is -1.41. The van der Waals surface area contributed by atoms with Crippen molar-refractivity contribution in [1.82, 2.24) is 19.7 Å². The van der Waals surface area contributed by atoms with E-state index < -0.39 is 12.7 Å². The molecule has 0 fully saturated rings. The average molecular weight is 368 g/mol. The van der Waals surface area contributed by atoms with Gasteiger partial charge in [0.1, 0.15) is 0 Å². The minimum atomic E-state index is -4.16. The van der Waals surface area contributed by atoms with Crippen molar-refractivity contribution < 1.29 is 13.2 Å². The van der Waals surface area contributed by atoms with Gasteiger partial charge in [0.25, 0.3) is 0 Å². The molecular weight excluding hydrogens is 343 g/mol. The van der Waals surface area contributed by atoms with E-state index in [2.05, 4.69) is 10.3 Å². The number of nitrogens with one attached hydrogen (secondary N) is 1. The second-order valence-electron chi connectivity index (χ2n) is 5.80. The molecule has 0 saturated carbocycles. The lowest BCUT2D eigenvalue weighted by molar-refractivity contribution is -0.143. The molecule has 1 rings (SSSR count). The van der Waals surface area contributed by atoms with Crippen molar-refractivity contribution in [1.29, 1.82) is 0 Å². The first-order valence-electron chi connectivity index (χ1n) is 7.60. The largest absolute Gasteiger partial charge is 0.401 e. The molecular formula is C15H25ClF3N5. The lowest BCUT2D eigenvalue weighted by Crippen LogP contribution is -2.40. The highest BCUT2D eigenvalue weighted by atomic mass is 35.5. The van der Waals surface area contributed by atoms with Crippen LogP contribution in [0.2, 0.25) is 5.02 Å². The van der Waals surface area contributed by atoms with Crippen molar-refractivity contribution in [3.63, 3.8) is 0 Å². The van der Waals surface area contributed by atoms with Crippen molar-refractivity contribution in [2.45, 2.75) is 19.1 Å². The van der Waals surface area contributed by atoms with E-state index in [0.29, 0.717) is 37.0 Å². The van der Waals surface area contributed by atoms with Gasteiger partial charge >= 0.3 is 6.18 Å². The molecule has 0 aliphatic carbocycles. The maximum Gasteiger partial charge on any atom is 0.401 e. The topological polar surface area (TPSA) is 35.8 Å². The Morgan fingerprint density at radius 2 is 2.04 bits per heavy atom. The molecule has 5 nitrogen and oxygen atoms in total. The molecule has 0 atom stereocenters. The van der Waals surface area contributed by atoms with Gasteiger partial charge in [-0.15, -0.1) is 0 Å². The van der Waals surface area contributed by atoms with Gasteiger partial charge in [0.15, 0.2) is 5.96 Å². The molecule has 24 heavy (non-hydrogen) atoms. The minimum absolute atomic E-state index is 0.362. The number of aryl methyl sites for hydroxylation is 1. The fourth-order valence-electron chi connectivity index (χ4n) is 2.36. The molecule has 0 aromatic carbocycles. The van der Waals surface area contributed by atoms with Crippen molar-refractivity contribution in [2.24, 2.45) is 12.0 Å². The van der Waals surface area contributed by atoms with Gasteiger partial charge < -0.3 is 14.8 Å². The maximum absolute atomic E-state index is 12.3. The number of rotatable bonds is 7. The summed E-state index contributed by atoms with van der Waals surface area (Å²) in [5.74, 6) is 0.686. The van der Waals surface area contributed by atoms with Crippen molar-refractivity contribution in [3.8, 4) is 0 Å². The summed E-state index contributed by atoms with van der Waals surface area (Å²) in [5.41, 5.74) is 1.04. The Kier molecular flexibility index (Phi) is 7.89. The third-order valence-corrected chi connectivity index (χ3v) is 3.70. The normalized spacial score (nSPS) is 12.8. The van der Waals surface area contributed by atoms with Crippen molar-refractivity contribution in [2.75, 3.05) is 40.8 Å². The summed E-state index contributed by atoms with van der Waals surface area (Å²) in [7, 11) is 6.95. The van der Waals surface area contributed by atoms with Crippen LogP contribution in [0.15, 0.2) is 17.3 Å². The van der Waals surface area contributed by atoms with Gasteiger partial charge in [0.2, 0.25) is 0 Å². The van der Waals surface area contributed by atoms with E-state index in [4.69, 9.17) is 11.6 Å². The number of alkyl halides is 3. The van der Waals surface area contributed by atoms with E-state index in [0.717, 1.165) is 5.69 Å². The predicted molar refractivity (Wildman–Crippen MR) is 91.4 cm³/mol. The van der Waals surface area contributed by atoms with Crippen LogP contribution in [0.25, 0.3) is 0 Å². The molecule has 9 heteroatoms. The molecule has 0 aliphatic heterocycles. The molecule has 0 spiro atoms. The number of halogens is 4. The van der Waals surface area contributed by atoms with Crippen LogP contribution in [0.1, 0.15) is 12.1 Å². The van der Waals surface area contributed by atoms with Crippen LogP contribution in [0.4, 0.5) is 13.2 Å². The molecule has 0 amide bonds. The third kappa shape index (κ3) is 7.44. The highest BCUT2D eigenvalue weighted by Gasteiger charge is 2.28. The lowest BCUT2D eigenvalue weighted by atomic mass is 10.3. The molecule has 1 N–H and O–H groups in total. The third-order valence-electron chi connectivity index (χ3n) is 3.50. The fourth-order valence-corrected chi connectivity index (χ4v) is 2.63. The van der Waals surface area contributed by atoms with Crippen LogP contribution >= 0.6 is 11.6 Å². The predicted octanol–water partition coefficient (Wildman–Crippen LogP) is 2.57. The van der Waals surface area contributed by atoms with Crippen LogP contribution in [0.5, 0.6) is 0 Å². The summed E-state index contributed by atoms with van der Waals surface area (Å²) < 4.78 is 38.7. The van der Waals surface area contributed by atoms with Crippen molar-refractivity contribution in [3.05, 3.63) is 23.0 Å². The fraction of sp³-hybridized carbons (Fsp3) is 0.667. The number of guanidine groups is 1. The summed E-state index contributed by atoms with van der Waals surface area (Å²) in [5, 5.41) is 3.84. The van der Waals surface area contributed by atoms with E-state index in [-0.39, 0.29) is 0 Å². The molecule has 0 radical (unpaired) electrons. The summed E-state index contributed by atoms with van der Waals surface area (Å²) >= 11 is 5.97. The van der Waals surface area contributed by atoms with Crippen LogP contribution in [-0.4, -0.2) is 67.3 Å². The first kappa shape index (κ1) is 20.6. The van der Waals surface area contributed by atoms with Gasteiger partial charge in [-0.25, -0.2) is 0 Å². The maximum atomic E-state index is 12.3. The molecule has 138 valence electrons. The van der Waals surface area contributed by atoms with Gasteiger partial charge in [0, 0.05) is 39.6 Å². The van der Waals surface area contributed by atoms with Gasteiger partial charge in [-0.2, -0.15) is 13.2 Å². The van der Waals surface area contributed by atoms with Gasteiger partial charge in [-0.3, -0.25) is 9.89 Å². The molecule has 1 aromatic heterocycles. The summed E-state index contributed by atoms with van der Waals surface area (Å²) in [6.45, 7) is 0.639. The van der Waals surface area contributed by atoms with E-state index in [1.165, 1.54) is 11.9 Å². The van der Waals surface area contributed by atoms with E-state index in [1.54, 1.807) is 7.05 Å². The van der Waals surface area contributed by atoms with Gasteiger partial charge in [0.05, 0.1) is 18.1 Å². The Labute approximate surface area is 146 Å². The lowest BCUT2D eigenvalue weighted by Gasteiger charge is -2.23. The Morgan fingerprint density at radius 3 is 2.54 bits per heavy atom. The van der Waals surface area contributed by atoms with Gasteiger partial charge in [-0.05, 0) is 26.1 Å². The molecule has 1 aromatic rings. The quantitative estimate of drug-likeness (QED) is 0.457. The number of nitrogens with zero attached hydrogens (tertiary/aromatic N) is 4. The number of hydrogen-bond donors (Lipinski definition) is 1. The highest BCUT2D eigenvalue weighted by Crippen LogP contribution is 2.15. The van der Waals surface area contributed by atoms with Crippen LogP contribution < -0.4 is 5.32 Å². The van der Waals surface area contributed by atoms with Crippen LogP contribution in [0.3, 0.4) is 0 Å². The Balaban J connectivity index is 2.38. The van der Waals surface area contributed by atoms with Crippen LogP contribution in [0, 0.1) is 0 Å². The Bertz CT molecular complexity index is 542. The second kappa shape index (κ2) is 9.17. The zero-order valence-electron chi connectivity index (χ0n) is 14.5. The summed E-state index contributed by atoms with van der Waals surface area (Å²) in [4.78, 5) is 7.39. The second-order valence-corrected chi connectivity index (χ2v) is 6.23. The zero-order chi connectivity index (χ0) is 18.3. The minimum Gasteiger partial charge on any atom is -0.356 e. The van der Waals surface area contributed by atoms with E-state index in [9.17, 15) is 13.2 Å². The first-order chi connectivity index (χ1) is 11.1. The highest BCUT2D eigenvalue weighted by molar-refractivity contribution is 6.30. The number of aliphatic imine (C=N–C) groups is 1. The smallest absolute Gasteiger partial charge is 0.356 e. The number of hydrogen-bond acceptors (Lipinski definition) is 2. The van der Waals surface area contributed by atoms with Crippen LogP contribution in [-0.2, 0) is 13.6 Å². The Morgan fingerprint density at radius 1 is 1.38 bits per heavy atom. The molecule has 1 heterocycles. The summed E-state index contributed by atoms with van der Waals surface area (Å²) in [6.07, 6.45) is -1.73. The van der Waals surface area contributed by atoms with Gasteiger partial charge in [-0.1, -0.05) is 11.6 Å². The molecule has 0 saturated heterocycles. The first-order valence-corrected chi connectivity index (χ1v) is 7.98. The molecule has 0 aliphatic rings. The van der Waals surface area contributed by atoms with E-state index >= 15 is 0 Å². The average Bonchev–Trinajstić information content (AvgIpc) is 2.74. The standard InChI is InChI=1S/C15H25ClF3N5/c1-20-14(21-6-5-7-22(2)11-15(17,18)19)24(4)10-13-8-12(16)9-23(13)3/h8-9H,5-7,10-11H2,1-4H3,(H,20,21). The van der Waals surface area contributed by atoms with E-state index in [1.807, 2.05) is 35.8 Å². The number of aromatic nitrogens is 1. The zero-order valence-corrected chi connectivity index (χ0v) is 15.2.